The number of aromatic nitrogens is 4. The molecule has 0 amide bonds. The average Bonchev–Trinajstić information content (AvgIpc) is 3.39. The molecule has 4 aromatic rings. The summed E-state index contributed by atoms with van der Waals surface area (Å²) in [5, 5.41) is 33.6. The first-order valence-electron chi connectivity index (χ1n) is 11.2. The van der Waals surface area contributed by atoms with E-state index in [9.17, 15) is 15.3 Å². The topological polar surface area (TPSA) is 161 Å². The highest BCUT2D eigenvalue weighted by atomic mass is 16.6. The predicted octanol–water partition coefficient (Wildman–Crippen LogP) is 1.21. The predicted molar refractivity (Wildman–Crippen MR) is 127 cm³/mol. The van der Waals surface area contributed by atoms with Crippen molar-refractivity contribution in [1.29, 1.82) is 0 Å². The van der Waals surface area contributed by atoms with Gasteiger partial charge in [0.1, 0.15) is 37.0 Å². The van der Waals surface area contributed by atoms with Crippen LogP contribution in [0.3, 0.4) is 0 Å². The Labute approximate surface area is 200 Å². The van der Waals surface area contributed by atoms with Gasteiger partial charge in [-0.05, 0) is 23.3 Å². The van der Waals surface area contributed by atoms with E-state index < -0.39 is 31.1 Å². The minimum Gasteiger partial charge on any atom is -0.489 e. The molecule has 0 spiro atoms. The van der Waals surface area contributed by atoms with Crippen molar-refractivity contribution in [2.75, 3.05) is 17.7 Å². The van der Waals surface area contributed by atoms with Crippen molar-refractivity contribution < 1.29 is 24.8 Å². The van der Waals surface area contributed by atoms with Gasteiger partial charge in [0.05, 0.1) is 6.61 Å². The Balaban J connectivity index is 1.38. The summed E-state index contributed by atoms with van der Waals surface area (Å²) in [7, 11) is 0. The summed E-state index contributed by atoms with van der Waals surface area (Å²) in [6.45, 7) is 0.377. The van der Waals surface area contributed by atoms with Crippen LogP contribution < -0.4 is 15.8 Å². The lowest BCUT2D eigenvalue weighted by atomic mass is 10.1. The van der Waals surface area contributed by atoms with Gasteiger partial charge >= 0.3 is 0 Å². The molecule has 6 N–H and O–H groups in total. The number of ether oxygens (including phenoxy) is 2. The Kier molecular flexibility index (Phi) is 6.47. The SMILES string of the molecule is Nc1ncnc2c1nc(NCc1cccc(OCc3ccccc3)c1)n2[C@@H]1O[C@H](CO)[C@@H](O)[C@H]1O. The zero-order chi connectivity index (χ0) is 24.4. The maximum atomic E-state index is 10.6. The number of nitrogens with two attached hydrogens (primary N) is 1. The summed E-state index contributed by atoms with van der Waals surface area (Å²) < 4.78 is 13.2. The molecule has 35 heavy (non-hydrogen) atoms. The van der Waals surface area contributed by atoms with Crippen LogP contribution in [0.4, 0.5) is 11.8 Å². The van der Waals surface area contributed by atoms with Crippen molar-refractivity contribution in [2.45, 2.75) is 37.7 Å². The molecule has 0 radical (unpaired) electrons. The number of nitrogens with one attached hydrogen (secondary N) is 1. The normalized spacial score (nSPS) is 21.9. The van der Waals surface area contributed by atoms with E-state index in [1.807, 2.05) is 54.6 Å². The van der Waals surface area contributed by atoms with Crippen molar-refractivity contribution in [1.82, 2.24) is 19.5 Å². The highest BCUT2D eigenvalue weighted by Crippen LogP contribution is 2.35. The number of nitrogens with zero attached hydrogens (tertiary/aromatic N) is 4. The van der Waals surface area contributed by atoms with E-state index in [-0.39, 0.29) is 5.82 Å². The number of hydrogen-bond donors (Lipinski definition) is 5. The Morgan fingerprint density at radius 3 is 2.60 bits per heavy atom. The molecule has 1 fully saturated rings. The average molecular weight is 479 g/mol. The Morgan fingerprint density at radius 1 is 1.03 bits per heavy atom. The van der Waals surface area contributed by atoms with Crippen molar-refractivity contribution in [3.63, 3.8) is 0 Å². The summed E-state index contributed by atoms with van der Waals surface area (Å²) in [6.07, 6.45) is -3.28. The molecular formula is C24H26N6O5. The van der Waals surface area contributed by atoms with Gasteiger partial charge in [0.25, 0.3) is 0 Å². The van der Waals surface area contributed by atoms with E-state index >= 15 is 0 Å². The van der Waals surface area contributed by atoms with Gasteiger partial charge in [-0.2, -0.15) is 0 Å². The number of imidazole rings is 1. The molecule has 1 aliphatic rings. The van der Waals surface area contributed by atoms with Gasteiger partial charge in [0.15, 0.2) is 23.2 Å². The number of aliphatic hydroxyl groups is 3. The molecule has 0 saturated carbocycles. The van der Waals surface area contributed by atoms with Gasteiger partial charge in [-0.15, -0.1) is 0 Å². The lowest BCUT2D eigenvalue weighted by molar-refractivity contribution is -0.0501. The van der Waals surface area contributed by atoms with E-state index in [2.05, 4.69) is 20.3 Å². The molecule has 3 heterocycles. The molecular weight excluding hydrogens is 452 g/mol. The Hall–Kier alpha value is -3.77. The lowest BCUT2D eigenvalue weighted by Gasteiger charge is -2.19. The molecule has 182 valence electrons. The van der Waals surface area contributed by atoms with Crippen molar-refractivity contribution >= 4 is 22.9 Å². The van der Waals surface area contributed by atoms with E-state index in [4.69, 9.17) is 15.2 Å². The Morgan fingerprint density at radius 2 is 1.83 bits per heavy atom. The number of fused-ring (bicyclic) bond motifs is 1. The first kappa shape index (κ1) is 23.0. The highest BCUT2D eigenvalue weighted by Gasteiger charge is 2.45. The molecule has 2 aromatic heterocycles. The minimum absolute atomic E-state index is 0.167. The third-order valence-corrected chi connectivity index (χ3v) is 5.87. The maximum Gasteiger partial charge on any atom is 0.207 e. The van der Waals surface area contributed by atoms with Gasteiger partial charge < -0.3 is 35.8 Å². The van der Waals surface area contributed by atoms with Crippen LogP contribution in [0.25, 0.3) is 11.2 Å². The van der Waals surface area contributed by atoms with Crippen LogP contribution in [0.1, 0.15) is 17.4 Å². The standard InChI is InChI=1S/C24H26N6O5/c25-21-18-22(28-13-27-21)30(23-20(33)19(32)17(11-31)35-23)24(29-18)26-10-15-7-4-8-16(9-15)34-12-14-5-2-1-3-6-14/h1-9,13,17,19-20,23,31-33H,10-12H2,(H,26,29)(H2,25,27,28)/t17-,19-,20-,23-/m1/s1. The fourth-order valence-electron chi connectivity index (χ4n) is 4.05. The van der Waals surface area contributed by atoms with Gasteiger partial charge in [-0.25, -0.2) is 15.0 Å². The number of nitrogen functional groups attached to an aromatic ring is 1. The van der Waals surface area contributed by atoms with Crippen molar-refractivity contribution in [2.24, 2.45) is 0 Å². The summed E-state index contributed by atoms with van der Waals surface area (Å²) in [5.41, 5.74) is 8.65. The van der Waals surface area contributed by atoms with E-state index in [0.29, 0.717) is 30.3 Å². The third kappa shape index (κ3) is 4.62. The number of aliphatic hydroxyl groups excluding tert-OH is 3. The highest BCUT2D eigenvalue weighted by molar-refractivity contribution is 5.84. The monoisotopic (exact) mass is 478 g/mol. The summed E-state index contributed by atoms with van der Waals surface area (Å²) in [4.78, 5) is 12.8. The molecule has 1 aliphatic heterocycles. The number of rotatable bonds is 8. The first-order valence-corrected chi connectivity index (χ1v) is 11.2. The summed E-state index contributed by atoms with van der Waals surface area (Å²) >= 11 is 0. The number of benzene rings is 2. The molecule has 4 atom stereocenters. The number of hydrogen-bond acceptors (Lipinski definition) is 10. The second-order valence-corrected chi connectivity index (χ2v) is 8.24. The smallest absolute Gasteiger partial charge is 0.207 e. The van der Waals surface area contributed by atoms with Crippen LogP contribution in [-0.4, -0.2) is 59.8 Å². The van der Waals surface area contributed by atoms with E-state index in [1.165, 1.54) is 10.9 Å². The fraction of sp³-hybridized carbons (Fsp3) is 0.292. The quantitative estimate of drug-likeness (QED) is 0.249. The first-order chi connectivity index (χ1) is 17.0. The molecule has 11 nitrogen and oxygen atoms in total. The maximum absolute atomic E-state index is 10.6. The van der Waals surface area contributed by atoms with Crippen LogP contribution in [0.15, 0.2) is 60.9 Å². The van der Waals surface area contributed by atoms with Crippen LogP contribution in [0.2, 0.25) is 0 Å². The molecule has 0 bridgehead atoms. The number of anilines is 2. The molecule has 1 saturated heterocycles. The Bertz CT molecular complexity index is 1300. The van der Waals surface area contributed by atoms with Gasteiger partial charge in [-0.1, -0.05) is 42.5 Å². The molecule has 11 heteroatoms. The van der Waals surface area contributed by atoms with Gasteiger partial charge in [0.2, 0.25) is 5.95 Å². The van der Waals surface area contributed by atoms with Crippen LogP contribution in [-0.2, 0) is 17.9 Å². The second-order valence-electron chi connectivity index (χ2n) is 8.24. The van der Waals surface area contributed by atoms with E-state index in [0.717, 1.165) is 16.9 Å². The van der Waals surface area contributed by atoms with Gasteiger partial charge in [0, 0.05) is 6.54 Å². The van der Waals surface area contributed by atoms with Crippen LogP contribution in [0, 0.1) is 0 Å². The lowest BCUT2D eigenvalue weighted by Crippen LogP contribution is -2.33. The molecule has 2 aromatic carbocycles. The van der Waals surface area contributed by atoms with Crippen LogP contribution in [0.5, 0.6) is 5.75 Å². The van der Waals surface area contributed by atoms with Crippen molar-refractivity contribution in [3.05, 3.63) is 72.1 Å². The van der Waals surface area contributed by atoms with Gasteiger partial charge in [-0.3, -0.25) is 4.57 Å². The van der Waals surface area contributed by atoms with Crippen molar-refractivity contribution in [3.8, 4) is 5.75 Å². The second kappa shape index (κ2) is 9.84. The third-order valence-electron chi connectivity index (χ3n) is 5.87. The molecule has 0 aliphatic carbocycles. The summed E-state index contributed by atoms with van der Waals surface area (Å²) in [6, 6.07) is 17.5. The molecule has 5 rings (SSSR count). The zero-order valence-corrected chi connectivity index (χ0v) is 18.7. The van der Waals surface area contributed by atoms with Crippen LogP contribution >= 0.6 is 0 Å². The summed E-state index contributed by atoms with van der Waals surface area (Å²) in [5.74, 6) is 1.21. The largest absolute Gasteiger partial charge is 0.489 e. The fourth-order valence-corrected chi connectivity index (χ4v) is 4.05. The minimum atomic E-state index is -1.31. The molecule has 0 unspecified atom stereocenters. The zero-order valence-electron chi connectivity index (χ0n) is 18.7. The van der Waals surface area contributed by atoms with E-state index in [1.54, 1.807) is 0 Å².